The molecule has 0 radical (unpaired) electrons. The maximum atomic E-state index is 13.3. The van der Waals surface area contributed by atoms with Crippen LogP contribution in [0.25, 0.3) is 0 Å². The average Bonchev–Trinajstić information content (AvgIpc) is 3.23. The van der Waals surface area contributed by atoms with Gasteiger partial charge in [0.25, 0.3) is 0 Å². The summed E-state index contributed by atoms with van der Waals surface area (Å²) in [5.74, 6) is -0.635. The van der Waals surface area contributed by atoms with Gasteiger partial charge >= 0.3 is 5.97 Å². The van der Waals surface area contributed by atoms with Gasteiger partial charge in [0.2, 0.25) is 5.60 Å². The van der Waals surface area contributed by atoms with Crippen molar-refractivity contribution in [1.82, 2.24) is 9.97 Å². The van der Waals surface area contributed by atoms with Crippen LogP contribution >= 0.6 is 0 Å². The summed E-state index contributed by atoms with van der Waals surface area (Å²) < 4.78 is 6.64. The molecule has 1 unspecified atom stereocenters. The van der Waals surface area contributed by atoms with E-state index in [9.17, 15) is 9.90 Å². The third kappa shape index (κ3) is 4.56. The Morgan fingerprint density at radius 1 is 1.09 bits per heavy atom. The summed E-state index contributed by atoms with van der Waals surface area (Å²) in [7, 11) is 2.22. The first-order valence-electron chi connectivity index (χ1n) is 11.1. The average molecular weight is 433 g/mol. The smallest absolute Gasteiger partial charge is 0.347 e. The van der Waals surface area contributed by atoms with Gasteiger partial charge in [0, 0.05) is 31.2 Å². The summed E-state index contributed by atoms with van der Waals surface area (Å²) in [6, 6.07) is 20.1. The van der Waals surface area contributed by atoms with Crippen LogP contribution in [0.15, 0.2) is 79.3 Å². The second kappa shape index (κ2) is 9.59. The van der Waals surface area contributed by atoms with Crippen LogP contribution in [0, 0.1) is 0 Å². The van der Waals surface area contributed by atoms with Gasteiger partial charge in [-0.05, 0) is 17.2 Å². The molecule has 6 nitrogen and oxygen atoms in total. The van der Waals surface area contributed by atoms with Gasteiger partial charge in [-0.1, -0.05) is 60.7 Å². The Hall–Kier alpha value is -3.09. The number of carbonyl (C=O) groups is 1. The molecular weight excluding hydrogens is 402 g/mol. The number of hydrogen-bond donors (Lipinski definition) is 1. The van der Waals surface area contributed by atoms with Gasteiger partial charge in [0.05, 0.1) is 20.1 Å². The lowest BCUT2D eigenvalue weighted by Gasteiger charge is -2.36. The zero-order valence-electron chi connectivity index (χ0n) is 18.4. The molecule has 0 saturated carbocycles. The Labute approximate surface area is 189 Å². The molecule has 6 heteroatoms. The van der Waals surface area contributed by atoms with Crippen molar-refractivity contribution in [3.63, 3.8) is 0 Å². The van der Waals surface area contributed by atoms with E-state index in [0.717, 1.165) is 42.5 Å². The van der Waals surface area contributed by atoms with Gasteiger partial charge in [-0.15, -0.1) is 0 Å². The molecule has 0 aliphatic carbocycles. The Morgan fingerprint density at radius 2 is 1.75 bits per heavy atom. The Morgan fingerprint density at radius 3 is 2.34 bits per heavy atom. The number of esters is 1. The highest BCUT2D eigenvalue weighted by Gasteiger charge is 2.44. The number of likely N-dealkylation sites (tertiary alicyclic amines) is 1. The maximum Gasteiger partial charge on any atom is 0.347 e. The lowest BCUT2D eigenvalue weighted by molar-refractivity contribution is -0.921. The normalized spacial score (nSPS) is 20.8. The SMILES string of the molecule is C[N@+]1(CCc2ccncn2)CCCC1COC(=O)C(O)(c1ccccc1)c1ccccc1. The summed E-state index contributed by atoms with van der Waals surface area (Å²) in [4.78, 5) is 21.6. The van der Waals surface area contributed by atoms with Gasteiger partial charge in [0.1, 0.15) is 19.0 Å². The van der Waals surface area contributed by atoms with Crippen LogP contribution in [-0.2, 0) is 21.6 Å². The van der Waals surface area contributed by atoms with E-state index in [1.165, 1.54) is 0 Å². The second-order valence-electron chi connectivity index (χ2n) is 8.71. The fourth-order valence-electron chi connectivity index (χ4n) is 4.61. The topological polar surface area (TPSA) is 72.3 Å². The van der Waals surface area contributed by atoms with E-state index in [1.807, 2.05) is 42.5 Å². The van der Waals surface area contributed by atoms with Crippen LogP contribution < -0.4 is 0 Å². The number of hydrogen-bond acceptors (Lipinski definition) is 5. The zero-order chi connectivity index (χ0) is 22.4. The van der Waals surface area contributed by atoms with E-state index >= 15 is 0 Å². The van der Waals surface area contributed by atoms with Crippen LogP contribution in [0.3, 0.4) is 0 Å². The molecule has 0 bridgehead atoms. The van der Waals surface area contributed by atoms with E-state index in [4.69, 9.17) is 4.74 Å². The quantitative estimate of drug-likeness (QED) is 0.437. The molecule has 2 heterocycles. The Balaban J connectivity index is 1.48. The summed E-state index contributed by atoms with van der Waals surface area (Å²) in [5, 5.41) is 11.6. The Kier molecular flexibility index (Phi) is 6.63. The molecule has 2 atom stereocenters. The highest BCUT2D eigenvalue weighted by atomic mass is 16.6. The van der Waals surface area contributed by atoms with Crippen molar-refractivity contribution in [2.24, 2.45) is 0 Å². The van der Waals surface area contributed by atoms with Crippen LogP contribution in [0.4, 0.5) is 0 Å². The number of aromatic nitrogens is 2. The number of aliphatic hydroxyl groups is 1. The molecule has 0 spiro atoms. The van der Waals surface area contributed by atoms with Gasteiger partial charge in [-0.25, -0.2) is 14.8 Å². The number of rotatable bonds is 8. The van der Waals surface area contributed by atoms with Crippen molar-refractivity contribution in [3.8, 4) is 0 Å². The minimum atomic E-state index is -1.84. The van der Waals surface area contributed by atoms with Crippen molar-refractivity contribution in [2.45, 2.75) is 30.9 Å². The molecular formula is C26H30N3O3+. The minimum absolute atomic E-state index is 0.191. The molecule has 1 N–H and O–H groups in total. The van der Waals surface area contributed by atoms with Crippen molar-refractivity contribution < 1.29 is 19.1 Å². The predicted molar refractivity (Wildman–Crippen MR) is 122 cm³/mol. The first-order valence-corrected chi connectivity index (χ1v) is 11.1. The molecule has 32 heavy (non-hydrogen) atoms. The third-order valence-corrected chi connectivity index (χ3v) is 6.70. The van der Waals surface area contributed by atoms with Crippen molar-refractivity contribution >= 4 is 5.97 Å². The van der Waals surface area contributed by atoms with Crippen molar-refractivity contribution in [1.29, 1.82) is 0 Å². The summed E-state index contributed by atoms with van der Waals surface area (Å²) in [6.45, 7) is 2.23. The predicted octanol–water partition coefficient (Wildman–Crippen LogP) is 3.11. The number of nitrogens with zero attached hydrogens (tertiary/aromatic N) is 3. The number of benzene rings is 2. The van der Waals surface area contributed by atoms with Gasteiger partial charge in [-0.3, -0.25) is 0 Å². The summed E-state index contributed by atoms with van der Waals surface area (Å²) >= 11 is 0. The number of ether oxygens (including phenoxy) is 1. The monoisotopic (exact) mass is 432 g/mol. The van der Waals surface area contributed by atoms with Gasteiger partial charge in [0.15, 0.2) is 0 Å². The molecule has 0 amide bonds. The molecule has 166 valence electrons. The first-order chi connectivity index (χ1) is 15.5. The van der Waals surface area contributed by atoms with Crippen LogP contribution in [0.2, 0.25) is 0 Å². The molecule has 1 aromatic heterocycles. The highest BCUT2D eigenvalue weighted by molar-refractivity contribution is 5.85. The maximum absolute atomic E-state index is 13.3. The number of quaternary nitrogens is 1. The lowest BCUT2D eigenvalue weighted by Crippen LogP contribution is -2.52. The fourth-order valence-corrected chi connectivity index (χ4v) is 4.61. The summed E-state index contributed by atoms with van der Waals surface area (Å²) in [5.41, 5.74) is 0.183. The van der Waals surface area contributed by atoms with E-state index in [1.54, 1.807) is 36.8 Å². The summed E-state index contributed by atoms with van der Waals surface area (Å²) in [6.07, 6.45) is 6.26. The molecule has 3 aromatic rings. The van der Waals surface area contributed by atoms with E-state index in [0.29, 0.717) is 11.1 Å². The fraction of sp³-hybridized carbons (Fsp3) is 0.346. The van der Waals surface area contributed by atoms with Crippen molar-refractivity contribution in [2.75, 3.05) is 26.7 Å². The molecule has 1 aliphatic rings. The molecule has 4 rings (SSSR count). The molecule has 1 aliphatic heterocycles. The van der Waals surface area contributed by atoms with Crippen molar-refractivity contribution in [3.05, 3.63) is 96.1 Å². The van der Waals surface area contributed by atoms with Gasteiger partial charge < -0.3 is 14.3 Å². The third-order valence-electron chi connectivity index (χ3n) is 6.70. The minimum Gasteiger partial charge on any atom is -0.457 e. The molecule has 1 saturated heterocycles. The first kappa shape index (κ1) is 22.1. The largest absolute Gasteiger partial charge is 0.457 e. The van der Waals surface area contributed by atoms with Gasteiger partial charge in [-0.2, -0.15) is 0 Å². The standard InChI is InChI=1S/C26H30N3O3/c1-29(18-15-23-14-16-27-20-28-23)17-8-13-24(29)19-32-25(30)26(31,21-9-4-2-5-10-21)22-11-6-3-7-12-22/h2-7,9-12,14,16,20,24,31H,8,13,15,17-19H2,1H3/q+1/t24?,29-/m1/s1. The lowest BCUT2D eigenvalue weighted by atomic mass is 9.86. The van der Waals surface area contributed by atoms with E-state index in [-0.39, 0.29) is 12.6 Å². The van der Waals surface area contributed by atoms with Crippen LogP contribution in [0.1, 0.15) is 29.7 Å². The number of likely N-dealkylation sites (N-methyl/N-ethyl adjacent to an activating group) is 1. The molecule has 1 fully saturated rings. The Bertz CT molecular complexity index is 975. The van der Waals surface area contributed by atoms with Crippen LogP contribution in [0.5, 0.6) is 0 Å². The van der Waals surface area contributed by atoms with E-state index in [2.05, 4.69) is 17.0 Å². The zero-order valence-corrected chi connectivity index (χ0v) is 18.4. The second-order valence-corrected chi connectivity index (χ2v) is 8.71. The van der Waals surface area contributed by atoms with E-state index < -0.39 is 11.6 Å². The number of carbonyl (C=O) groups excluding carboxylic acids is 1. The highest BCUT2D eigenvalue weighted by Crippen LogP contribution is 2.32. The van der Waals surface area contributed by atoms with Crippen LogP contribution in [-0.4, -0.2) is 58.3 Å². The molecule has 2 aromatic carbocycles.